The highest BCUT2D eigenvalue weighted by atomic mass is 32.2. The molecule has 2 aliphatic heterocycles. The lowest BCUT2D eigenvalue weighted by Gasteiger charge is -2.32. The molecule has 1 aromatic carbocycles. The third kappa shape index (κ3) is 4.98. The first-order valence-electron chi connectivity index (χ1n) is 8.22. The van der Waals surface area contributed by atoms with E-state index in [9.17, 15) is 26.4 Å². The third-order valence-corrected chi connectivity index (χ3v) is 4.95. The Bertz CT molecular complexity index is 841. The van der Waals surface area contributed by atoms with Crippen LogP contribution in [0.25, 0.3) is 0 Å². The predicted molar refractivity (Wildman–Crippen MR) is 88.4 cm³/mol. The Labute approximate surface area is 154 Å². The maximum absolute atomic E-state index is 13.4. The summed E-state index contributed by atoms with van der Waals surface area (Å²) in [5.41, 5.74) is -0.427. The number of carbonyl (C=O) groups is 1. The number of carbonyl (C=O) groups excluding carboxylic acids is 1. The van der Waals surface area contributed by atoms with Crippen molar-refractivity contribution in [3.05, 3.63) is 34.4 Å². The summed E-state index contributed by atoms with van der Waals surface area (Å²) in [5.74, 6) is -0.515. The summed E-state index contributed by atoms with van der Waals surface area (Å²) in [6, 6.07) is 2.54. The summed E-state index contributed by atoms with van der Waals surface area (Å²) in [7, 11) is -3.60. The first-order chi connectivity index (χ1) is 12.5. The fraction of sp³-hybridized carbons (Fsp3) is 0.562. The molecule has 2 heterocycles. The van der Waals surface area contributed by atoms with Crippen LogP contribution in [0.2, 0.25) is 0 Å². The number of rotatable bonds is 5. The van der Waals surface area contributed by atoms with Crippen LogP contribution in [0.3, 0.4) is 0 Å². The van der Waals surface area contributed by atoms with Crippen LogP contribution in [-0.4, -0.2) is 57.9 Å². The predicted octanol–water partition coefficient (Wildman–Crippen LogP) is 1.13. The highest BCUT2D eigenvalue weighted by Crippen LogP contribution is 2.36. The molecule has 0 aliphatic carbocycles. The maximum atomic E-state index is 13.4. The van der Waals surface area contributed by atoms with E-state index in [2.05, 4.69) is 5.32 Å². The van der Waals surface area contributed by atoms with Gasteiger partial charge in [0.1, 0.15) is 0 Å². The van der Waals surface area contributed by atoms with Gasteiger partial charge in [0.25, 0.3) is 16.0 Å². The summed E-state index contributed by atoms with van der Waals surface area (Å²) >= 11 is 0. The summed E-state index contributed by atoms with van der Waals surface area (Å²) in [5, 5.41) is 2.42. The van der Waals surface area contributed by atoms with Gasteiger partial charge < -0.3 is 10.1 Å². The molecular formula is C16H19F3N2O5S. The van der Waals surface area contributed by atoms with E-state index in [-0.39, 0.29) is 30.8 Å². The molecule has 1 unspecified atom stereocenters. The standard InChI is InChI=1S/C16H19F3N2O5S/c1-27(23,24)26-9-11-8-21(2-3-25-11)7-10-4-12-13(6-20-15(12)22)14(5-10)16(17,18)19/h4-5,11H,2-3,6-9H2,1H3,(H,20,22). The quantitative estimate of drug-likeness (QED) is 0.736. The maximum Gasteiger partial charge on any atom is 0.416 e. The average molecular weight is 408 g/mol. The van der Waals surface area contributed by atoms with Crippen LogP contribution >= 0.6 is 0 Å². The van der Waals surface area contributed by atoms with Crippen LogP contribution in [0.5, 0.6) is 0 Å². The minimum absolute atomic E-state index is 0.0299. The van der Waals surface area contributed by atoms with Crippen molar-refractivity contribution in [2.75, 3.05) is 32.6 Å². The van der Waals surface area contributed by atoms with Gasteiger partial charge in [-0.2, -0.15) is 21.6 Å². The summed E-state index contributed by atoms with van der Waals surface area (Å²) in [6.45, 7) is 0.972. The third-order valence-electron chi connectivity index (χ3n) is 4.38. The Morgan fingerprint density at radius 1 is 1.37 bits per heavy atom. The van der Waals surface area contributed by atoms with Crippen molar-refractivity contribution < 1.29 is 35.3 Å². The van der Waals surface area contributed by atoms with E-state index in [1.54, 1.807) is 0 Å². The van der Waals surface area contributed by atoms with Gasteiger partial charge in [-0.1, -0.05) is 0 Å². The fourth-order valence-electron chi connectivity index (χ4n) is 3.22. The van der Waals surface area contributed by atoms with E-state index in [0.717, 1.165) is 12.3 Å². The number of nitrogens with one attached hydrogen (secondary N) is 1. The number of hydrogen-bond acceptors (Lipinski definition) is 6. The van der Waals surface area contributed by atoms with Crippen molar-refractivity contribution in [2.24, 2.45) is 0 Å². The normalized spacial score (nSPS) is 21.2. The molecule has 0 spiro atoms. The fourth-order valence-corrected chi connectivity index (χ4v) is 3.61. The van der Waals surface area contributed by atoms with Gasteiger partial charge in [0.15, 0.2) is 0 Å². The van der Waals surface area contributed by atoms with Crippen LogP contribution < -0.4 is 5.32 Å². The first-order valence-corrected chi connectivity index (χ1v) is 10.0. The molecule has 0 bridgehead atoms. The summed E-state index contributed by atoms with van der Waals surface area (Å²) in [6.07, 6.45) is -4.13. The molecule has 1 saturated heterocycles. The van der Waals surface area contributed by atoms with Crippen LogP contribution in [0.15, 0.2) is 12.1 Å². The molecular weight excluding hydrogens is 389 g/mol. The minimum Gasteiger partial charge on any atom is -0.373 e. The number of halogens is 3. The Morgan fingerprint density at radius 2 is 2.11 bits per heavy atom. The van der Waals surface area contributed by atoms with Crippen molar-refractivity contribution in [3.8, 4) is 0 Å². The van der Waals surface area contributed by atoms with Crippen molar-refractivity contribution in [3.63, 3.8) is 0 Å². The molecule has 1 atom stereocenters. The summed E-state index contributed by atoms with van der Waals surface area (Å²) in [4.78, 5) is 13.7. The molecule has 0 aromatic heterocycles. The van der Waals surface area contributed by atoms with Crippen molar-refractivity contribution in [1.29, 1.82) is 0 Å². The van der Waals surface area contributed by atoms with Crippen LogP contribution in [0.4, 0.5) is 13.2 Å². The van der Waals surface area contributed by atoms with Gasteiger partial charge in [-0.3, -0.25) is 13.9 Å². The lowest BCUT2D eigenvalue weighted by atomic mass is 9.98. The van der Waals surface area contributed by atoms with Gasteiger partial charge in [-0.05, 0) is 23.3 Å². The van der Waals surface area contributed by atoms with E-state index in [1.807, 2.05) is 4.90 Å². The van der Waals surface area contributed by atoms with Crippen molar-refractivity contribution in [2.45, 2.75) is 25.4 Å². The molecule has 150 valence electrons. The van der Waals surface area contributed by atoms with E-state index in [0.29, 0.717) is 25.3 Å². The minimum atomic E-state index is -4.55. The Hall–Kier alpha value is -1.69. The Kier molecular flexibility index (Phi) is 5.48. The molecule has 3 rings (SSSR count). The second kappa shape index (κ2) is 7.38. The zero-order chi connectivity index (χ0) is 19.8. The average Bonchev–Trinajstić information content (AvgIpc) is 2.92. The van der Waals surface area contributed by atoms with Gasteiger partial charge >= 0.3 is 6.18 Å². The number of amides is 1. The molecule has 11 heteroatoms. The van der Waals surface area contributed by atoms with E-state index in [4.69, 9.17) is 8.92 Å². The first kappa shape index (κ1) is 20.1. The molecule has 1 aromatic rings. The number of ether oxygens (including phenoxy) is 1. The van der Waals surface area contributed by atoms with Gasteiger partial charge in [-0.15, -0.1) is 0 Å². The number of hydrogen-bond donors (Lipinski definition) is 1. The SMILES string of the molecule is CS(=O)(=O)OCC1CN(Cc2cc3c(c(C(F)(F)F)c2)CNC3=O)CCO1. The van der Waals surface area contributed by atoms with Gasteiger partial charge in [0.05, 0.1) is 31.1 Å². The summed E-state index contributed by atoms with van der Waals surface area (Å²) < 4.78 is 72.4. The monoisotopic (exact) mass is 408 g/mol. The molecule has 2 aliphatic rings. The van der Waals surface area contributed by atoms with Crippen molar-refractivity contribution >= 4 is 16.0 Å². The van der Waals surface area contributed by atoms with Crippen LogP contribution in [0, 0.1) is 0 Å². The Morgan fingerprint density at radius 3 is 2.78 bits per heavy atom. The van der Waals surface area contributed by atoms with Gasteiger partial charge in [0.2, 0.25) is 0 Å². The van der Waals surface area contributed by atoms with Crippen molar-refractivity contribution in [1.82, 2.24) is 10.2 Å². The van der Waals surface area contributed by atoms with Crippen LogP contribution in [0.1, 0.15) is 27.0 Å². The molecule has 7 nitrogen and oxygen atoms in total. The largest absolute Gasteiger partial charge is 0.416 e. The zero-order valence-corrected chi connectivity index (χ0v) is 15.3. The lowest BCUT2D eigenvalue weighted by Crippen LogP contribution is -2.44. The van der Waals surface area contributed by atoms with E-state index < -0.39 is 33.9 Å². The topological polar surface area (TPSA) is 84.9 Å². The second-order valence-corrected chi connectivity index (χ2v) is 8.21. The molecule has 1 N–H and O–H groups in total. The molecule has 0 radical (unpaired) electrons. The molecule has 1 amide bonds. The molecule has 27 heavy (non-hydrogen) atoms. The lowest BCUT2D eigenvalue weighted by molar-refractivity contribution is -0.138. The number of morpholine rings is 1. The highest BCUT2D eigenvalue weighted by molar-refractivity contribution is 7.85. The van der Waals surface area contributed by atoms with Crippen LogP contribution in [-0.2, 0) is 38.3 Å². The second-order valence-electron chi connectivity index (χ2n) is 6.57. The smallest absolute Gasteiger partial charge is 0.373 e. The molecule has 0 saturated carbocycles. The number of fused-ring (bicyclic) bond motifs is 1. The number of benzene rings is 1. The van der Waals surface area contributed by atoms with E-state index >= 15 is 0 Å². The highest BCUT2D eigenvalue weighted by Gasteiger charge is 2.38. The van der Waals surface area contributed by atoms with E-state index in [1.165, 1.54) is 6.07 Å². The zero-order valence-electron chi connectivity index (χ0n) is 14.5. The van der Waals surface area contributed by atoms with Gasteiger partial charge in [-0.25, -0.2) is 0 Å². The van der Waals surface area contributed by atoms with Gasteiger partial charge in [0, 0.05) is 31.7 Å². The molecule has 1 fully saturated rings. The number of nitrogens with zero attached hydrogens (tertiary/aromatic N) is 1. The number of alkyl halides is 3. The Balaban J connectivity index is 1.75.